The van der Waals surface area contributed by atoms with Gasteiger partial charge in [0.15, 0.2) is 0 Å². The zero-order valence-electron chi connectivity index (χ0n) is 8.65. The molecule has 0 spiro atoms. The molecular weight excluding hydrogens is 277 g/mol. The Kier molecular flexibility index (Phi) is 3.66. The maximum atomic E-state index is 6.05. The number of aromatic nitrogens is 1. The van der Waals surface area contributed by atoms with Gasteiger partial charge < -0.3 is 11.5 Å². The van der Waals surface area contributed by atoms with Crippen molar-refractivity contribution in [2.45, 2.75) is 9.79 Å². The van der Waals surface area contributed by atoms with Gasteiger partial charge in [0.05, 0.1) is 5.02 Å². The van der Waals surface area contributed by atoms with Gasteiger partial charge >= 0.3 is 0 Å². The molecule has 0 fully saturated rings. The number of benzene rings is 1. The minimum Gasteiger partial charge on any atom is -0.398 e. The van der Waals surface area contributed by atoms with E-state index in [4.69, 9.17) is 34.7 Å². The molecule has 0 radical (unpaired) electrons. The standard InChI is InChI=1S/C11H9Cl2N3S/c12-6-1-2-8(7(14)5-6)17-9-3-4-16-11(15)10(9)13/h1-5H,14H2,(H2,15,16). The van der Waals surface area contributed by atoms with Crippen molar-refractivity contribution >= 4 is 46.5 Å². The van der Waals surface area contributed by atoms with Crippen molar-refractivity contribution in [3.05, 3.63) is 40.5 Å². The normalized spacial score (nSPS) is 10.5. The highest BCUT2D eigenvalue weighted by Crippen LogP contribution is 2.38. The largest absolute Gasteiger partial charge is 0.398 e. The molecule has 88 valence electrons. The second-order valence-electron chi connectivity index (χ2n) is 3.29. The van der Waals surface area contributed by atoms with Gasteiger partial charge in [-0.1, -0.05) is 35.0 Å². The summed E-state index contributed by atoms with van der Waals surface area (Å²) in [5.74, 6) is 0.309. The number of anilines is 2. The van der Waals surface area contributed by atoms with Gasteiger partial charge in [-0.25, -0.2) is 4.98 Å². The number of hydrogen-bond donors (Lipinski definition) is 2. The average molecular weight is 286 g/mol. The molecule has 0 aliphatic carbocycles. The molecule has 1 heterocycles. The van der Waals surface area contributed by atoms with Crippen molar-refractivity contribution in [1.82, 2.24) is 4.98 Å². The maximum Gasteiger partial charge on any atom is 0.143 e. The van der Waals surface area contributed by atoms with E-state index in [-0.39, 0.29) is 0 Å². The molecule has 0 bridgehead atoms. The molecule has 4 N–H and O–H groups in total. The van der Waals surface area contributed by atoms with Crippen LogP contribution in [0.5, 0.6) is 0 Å². The summed E-state index contributed by atoms with van der Waals surface area (Å²) in [7, 11) is 0. The summed E-state index contributed by atoms with van der Waals surface area (Å²) >= 11 is 13.3. The Bertz CT molecular complexity index is 560. The molecule has 0 saturated carbocycles. The van der Waals surface area contributed by atoms with Crippen LogP contribution in [0, 0.1) is 0 Å². The lowest BCUT2D eigenvalue weighted by atomic mass is 10.3. The monoisotopic (exact) mass is 285 g/mol. The number of nitrogen functional groups attached to an aromatic ring is 2. The lowest BCUT2D eigenvalue weighted by molar-refractivity contribution is 1.27. The van der Waals surface area contributed by atoms with E-state index in [1.807, 2.05) is 6.07 Å². The van der Waals surface area contributed by atoms with Crippen LogP contribution in [-0.2, 0) is 0 Å². The molecule has 1 aromatic heterocycles. The smallest absolute Gasteiger partial charge is 0.143 e. The minimum atomic E-state index is 0.309. The molecular formula is C11H9Cl2N3S. The number of rotatable bonds is 2. The highest BCUT2D eigenvalue weighted by Gasteiger charge is 2.08. The van der Waals surface area contributed by atoms with Crippen LogP contribution >= 0.6 is 35.0 Å². The van der Waals surface area contributed by atoms with Gasteiger partial charge in [-0.3, -0.25) is 0 Å². The number of nitrogens with zero attached hydrogens (tertiary/aromatic N) is 1. The molecule has 6 heteroatoms. The van der Waals surface area contributed by atoms with Crippen LogP contribution in [0.15, 0.2) is 40.3 Å². The van der Waals surface area contributed by atoms with Gasteiger partial charge in [-0.05, 0) is 24.3 Å². The quantitative estimate of drug-likeness (QED) is 0.826. The van der Waals surface area contributed by atoms with Crippen molar-refractivity contribution in [1.29, 1.82) is 0 Å². The predicted molar refractivity (Wildman–Crippen MR) is 73.6 cm³/mol. The van der Waals surface area contributed by atoms with Gasteiger partial charge in [-0.15, -0.1) is 0 Å². The molecule has 0 unspecified atom stereocenters. The van der Waals surface area contributed by atoms with E-state index >= 15 is 0 Å². The Morgan fingerprint density at radius 3 is 2.53 bits per heavy atom. The second-order valence-corrected chi connectivity index (χ2v) is 5.19. The van der Waals surface area contributed by atoms with E-state index in [9.17, 15) is 0 Å². The van der Waals surface area contributed by atoms with E-state index in [1.165, 1.54) is 11.8 Å². The molecule has 0 saturated heterocycles. The Morgan fingerprint density at radius 1 is 1.06 bits per heavy atom. The van der Waals surface area contributed by atoms with E-state index in [1.54, 1.807) is 24.4 Å². The van der Waals surface area contributed by atoms with Crippen molar-refractivity contribution in [3.63, 3.8) is 0 Å². The average Bonchev–Trinajstić information content (AvgIpc) is 2.28. The fraction of sp³-hybridized carbons (Fsp3) is 0. The summed E-state index contributed by atoms with van der Waals surface area (Å²) in [6.45, 7) is 0. The van der Waals surface area contributed by atoms with Gasteiger partial charge in [0.1, 0.15) is 5.82 Å². The van der Waals surface area contributed by atoms with Crippen LogP contribution in [0.2, 0.25) is 10.0 Å². The van der Waals surface area contributed by atoms with E-state index < -0.39 is 0 Å². The molecule has 3 nitrogen and oxygen atoms in total. The van der Waals surface area contributed by atoms with Crippen molar-refractivity contribution in [3.8, 4) is 0 Å². The van der Waals surface area contributed by atoms with Crippen LogP contribution in [0.25, 0.3) is 0 Å². The molecule has 17 heavy (non-hydrogen) atoms. The Labute approximate surface area is 113 Å². The van der Waals surface area contributed by atoms with Crippen LogP contribution < -0.4 is 11.5 Å². The number of nitrogens with two attached hydrogens (primary N) is 2. The first kappa shape index (κ1) is 12.4. The number of pyridine rings is 1. The summed E-state index contributed by atoms with van der Waals surface area (Å²) in [6, 6.07) is 7.10. The highest BCUT2D eigenvalue weighted by atomic mass is 35.5. The molecule has 2 aromatic rings. The van der Waals surface area contributed by atoms with Gasteiger partial charge in [0.25, 0.3) is 0 Å². The third-order valence-electron chi connectivity index (χ3n) is 2.07. The first-order chi connectivity index (χ1) is 8.08. The van der Waals surface area contributed by atoms with E-state index in [2.05, 4.69) is 4.98 Å². The third-order valence-corrected chi connectivity index (χ3v) is 3.97. The Morgan fingerprint density at radius 2 is 1.82 bits per heavy atom. The predicted octanol–water partition coefficient (Wildman–Crippen LogP) is 3.70. The third kappa shape index (κ3) is 2.77. The lowest BCUT2D eigenvalue weighted by Crippen LogP contribution is -1.92. The molecule has 0 amide bonds. The topological polar surface area (TPSA) is 64.9 Å². The molecule has 1 aromatic carbocycles. The SMILES string of the molecule is Nc1cc(Cl)ccc1Sc1ccnc(N)c1Cl. The van der Waals surface area contributed by atoms with Crippen LogP contribution in [0.4, 0.5) is 11.5 Å². The van der Waals surface area contributed by atoms with Crippen LogP contribution in [0.1, 0.15) is 0 Å². The van der Waals surface area contributed by atoms with Gasteiger partial charge in [-0.2, -0.15) is 0 Å². The Hall–Kier alpha value is -1.10. The molecule has 0 aliphatic rings. The van der Waals surface area contributed by atoms with E-state index in [0.717, 1.165) is 9.79 Å². The first-order valence-corrected chi connectivity index (χ1v) is 6.28. The fourth-order valence-corrected chi connectivity index (χ4v) is 2.53. The zero-order chi connectivity index (χ0) is 12.4. The van der Waals surface area contributed by atoms with E-state index in [0.29, 0.717) is 21.6 Å². The summed E-state index contributed by atoms with van der Waals surface area (Å²) in [5, 5.41) is 1.04. The summed E-state index contributed by atoms with van der Waals surface area (Å²) in [6.07, 6.45) is 1.61. The highest BCUT2D eigenvalue weighted by molar-refractivity contribution is 7.99. The zero-order valence-corrected chi connectivity index (χ0v) is 11.0. The fourth-order valence-electron chi connectivity index (χ4n) is 1.25. The minimum absolute atomic E-state index is 0.309. The summed E-state index contributed by atoms with van der Waals surface area (Å²) < 4.78 is 0. The van der Waals surface area contributed by atoms with Crippen molar-refractivity contribution < 1.29 is 0 Å². The first-order valence-electron chi connectivity index (χ1n) is 4.71. The molecule has 0 aliphatic heterocycles. The van der Waals surface area contributed by atoms with Crippen molar-refractivity contribution in [2.75, 3.05) is 11.5 Å². The lowest BCUT2D eigenvalue weighted by Gasteiger charge is -2.08. The molecule has 0 atom stereocenters. The second kappa shape index (κ2) is 5.04. The van der Waals surface area contributed by atoms with Crippen LogP contribution in [0.3, 0.4) is 0 Å². The Balaban J connectivity index is 2.35. The van der Waals surface area contributed by atoms with Crippen LogP contribution in [-0.4, -0.2) is 4.98 Å². The summed E-state index contributed by atoms with van der Waals surface area (Å²) in [4.78, 5) is 5.59. The maximum absolute atomic E-state index is 6.05. The number of hydrogen-bond acceptors (Lipinski definition) is 4. The summed E-state index contributed by atoms with van der Waals surface area (Å²) in [5.41, 5.74) is 12.1. The molecule has 2 rings (SSSR count). The number of halogens is 2. The van der Waals surface area contributed by atoms with Gasteiger partial charge in [0.2, 0.25) is 0 Å². The van der Waals surface area contributed by atoms with Gasteiger partial charge in [0, 0.05) is 26.7 Å². The van der Waals surface area contributed by atoms with Crippen molar-refractivity contribution in [2.24, 2.45) is 0 Å².